The van der Waals surface area contributed by atoms with Crippen LogP contribution < -0.4 is 9.88 Å². The molecule has 9 heteroatoms. The van der Waals surface area contributed by atoms with Gasteiger partial charge in [-0.05, 0) is 12.1 Å². The maximum absolute atomic E-state index is 10.9. The van der Waals surface area contributed by atoms with E-state index in [4.69, 9.17) is 14.4 Å². The van der Waals surface area contributed by atoms with Gasteiger partial charge in [0.2, 0.25) is 10.0 Å². The van der Waals surface area contributed by atoms with Gasteiger partial charge in [0.1, 0.15) is 10.6 Å². The summed E-state index contributed by atoms with van der Waals surface area (Å²) in [5, 5.41) is 4.93. The van der Waals surface area contributed by atoms with Gasteiger partial charge in [-0.1, -0.05) is 12.1 Å². The summed E-state index contributed by atoms with van der Waals surface area (Å²) in [6.45, 7) is 0. The number of hydrogen-bond acceptors (Lipinski definition) is 5. The molecule has 1 rings (SSSR count). The Morgan fingerprint density at radius 2 is 1.59 bits per heavy atom. The third-order valence-corrected chi connectivity index (χ3v) is 2.33. The molecule has 0 aliphatic heterocycles. The Balaban J connectivity index is 0.000000437. The van der Waals surface area contributed by atoms with Gasteiger partial charge in [0.05, 0.1) is 13.4 Å². The SMILES string of the molecule is COc1ccccc1S(N)(=O)=O.CS(=O)(=O)O. The number of nitrogens with two attached hydrogens (primary N) is 1. The van der Waals surface area contributed by atoms with E-state index in [-0.39, 0.29) is 10.6 Å². The van der Waals surface area contributed by atoms with E-state index < -0.39 is 20.1 Å². The normalized spacial score (nSPS) is 11.3. The van der Waals surface area contributed by atoms with E-state index in [0.717, 1.165) is 0 Å². The Morgan fingerprint density at radius 1 is 1.18 bits per heavy atom. The summed E-state index contributed by atoms with van der Waals surface area (Å²) in [5.74, 6) is 0.264. The Labute approximate surface area is 100 Å². The maximum Gasteiger partial charge on any atom is 0.261 e. The molecule has 0 aliphatic carbocycles. The first kappa shape index (κ1) is 15.8. The van der Waals surface area contributed by atoms with Crippen molar-refractivity contribution in [1.29, 1.82) is 0 Å². The molecule has 0 atom stereocenters. The highest BCUT2D eigenvalue weighted by Crippen LogP contribution is 2.20. The molecule has 0 spiro atoms. The molecule has 0 aromatic heterocycles. The lowest BCUT2D eigenvalue weighted by Crippen LogP contribution is -2.13. The van der Waals surface area contributed by atoms with Gasteiger partial charge < -0.3 is 4.74 Å². The van der Waals surface area contributed by atoms with Crippen molar-refractivity contribution in [2.24, 2.45) is 5.14 Å². The standard InChI is InChI=1S/C7H9NO3S.CH4O3S/c1-11-6-4-2-3-5-7(6)12(8,9)10;1-5(2,3)4/h2-5H,1H3,(H2,8,9,10);1H3,(H,2,3,4). The Kier molecular flexibility index (Phi) is 5.55. The molecule has 3 N–H and O–H groups in total. The van der Waals surface area contributed by atoms with E-state index in [1.807, 2.05) is 0 Å². The molecule has 0 radical (unpaired) electrons. The fraction of sp³-hybridized carbons (Fsp3) is 0.250. The van der Waals surface area contributed by atoms with Crippen molar-refractivity contribution in [3.8, 4) is 5.75 Å². The molecule has 0 amide bonds. The van der Waals surface area contributed by atoms with Crippen molar-refractivity contribution < 1.29 is 26.1 Å². The molecule has 0 saturated carbocycles. The van der Waals surface area contributed by atoms with Crippen LogP contribution in [0.25, 0.3) is 0 Å². The van der Waals surface area contributed by atoms with Crippen molar-refractivity contribution in [2.45, 2.75) is 4.90 Å². The number of hydrogen-bond donors (Lipinski definition) is 2. The highest BCUT2D eigenvalue weighted by molar-refractivity contribution is 7.89. The van der Waals surface area contributed by atoms with Crippen molar-refractivity contribution >= 4 is 20.1 Å². The lowest BCUT2D eigenvalue weighted by molar-refractivity contribution is 0.403. The molecule has 0 saturated heterocycles. The molecule has 0 unspecified atom stereocenters. The van der Waals surface area contributed by atoms with Gasteiger partial charge in [-0.3, -0.25) is 4.55 Å². The summed E-state index contributed by atoms with van der Waals surface area (Å²) in [6, 6.07) is 6.20. The molecular weight excluding hydrogens is 270 g/mol. The number of methoxy groups -OCH3 is 1. The predicted molar refractivity (Wildman–Crippen MR) is 61.8 cm³/mol. The summed E-state index contributed by atoms with van der Waals surface area (Å²) >= 11 is 0. The minimum atomic E-state index is -3.67. The number of para-hydroxylation sites is 1. The average Bonchev–Trinajstić information content (AvgIpc) is 2.14. The molecule has 17 heavy (non-hydrogen) atoms. The quantitative estimate of drug-likeness (QED) is 0.727. The topological polar surface area (TPSA) is 124 Å². The first-order valence-electron chi connectivity index (χ1n) is 4.14. The molecule has 0 aliphatic rings. The molecule has 0 bridgehead atoms. The summed E-state index contributed by atoms with van der Waals surface area (Å²) in [6.07, 6.45) is 0.715. The van der Waals surface area contributed by atoms with Gasteiger partial charge in [0.15, 0.2) is 0 Å². The predicted octanol–water partition coefficient (Wildman–Crippen LogP) is -0.153. The highest BCUT2D eigenvalue weighted by atomic mass is 32.2. The lowest BCUT2D eigenvalue weighted by Gasteiger charge is -2.04. The lowest BCUT2D eigenvalue weighted by atomic mass is 10.3. The Hall–Kier alpha value is -1.16. The van der Waals surface area contributed by atoms with Crippen LogP contribution in [0, 0.1) is 0 Å². The number of rotatable bonds is 2. The van der Waals surface area contributed by atoms with Crippen LogP contribution in [-0.4, -0.2) is 34.8 Å². The number of sulfonamides is 1. The zero-order chi connectivity index (χ0) is 13.7. The van der Waals surface area contributed by atoms with Crippen molar-refractivity contribution in [2.75, 3.05) is 13.4 Å². The fourth-order valence-electron chi connectivity index (χ4n) is 0.854. The van der Waals surface area contributed by atoms with E-state index in [1.54, 1.807) is 18.2 Å². The van der Waals surface area contributed by atoms with Crippen LogP contribution in [-0.2, 0) is 20.1 Å². The summed E-state index contributed by atoms with van der Waals surface area (Å²) in [7, 11) is -5.94. The van der Waals surface area contributed by atoms with E-state index >= 15 is 0 Å². The van der Waals surface area contributed by atoms with E-state index in [2.05, 4.69) is 0 Å². The largest absolute Gasteiger partial charge is 0.495 e. The van der Waals surface area contributed by atoms with Crippen LogP contribution in [0.15, 0.2) is 29.2 Å². The molecule has 1 aromatic rings. The van der Waals surface area contributed by atoms with Crippen molar-refractivity contribution in [3.63, 3.8) is 0 Å². The van der Waals surface area contributed by atoms with E-state index in [1.165, 1.54) is 13.2 Å². The van der Waals surface area contributed by atoms with Gasteiger partial charge in [-0.25, -0.2) is 13.6 Å². The van der Waals surface area contributed by atoms with E-state index in [9.17, 15) is 16.8 Å². The zero-order valence-electron chi connectivity index (χ0n) is 9.19. The van der Waals surface area contributed by atoms with Crippen LogP contribution in [0.2, 0.25) is 0 Å². The Bertz CT molecular complexity index is 555. The van der Waals surface area contributed by atoms with Crippen LogP contribution in [0.5, 0.6) is 5.75 Å². The molecule has 7 nitrogen and oxygen atoms in total. The third kappa shape index (κ3) is 7.69. The second-order valence-electron chi connectivity index (χ2n) is 2.93. The van der Waals surface area contributed by atoms with Crippen molar-refractivity contribution in [3.05, 3.63) is 24.3 Å². The minimum absolute atomic E-state index is 0.00694. The highest BCUT2D eigenvalue weighted by Gasteiger charge is 2.12. The molecule has 0 heterocycles. The molecule has 1 aromatic carbocycles. The molecule has 0 fully saturated rings. The second-order valence-corrected chi connectivity index (χ2v) is 5.92. The van der Waals surface area contributed by atoms with Gasteiger partial charge in [0, 0.05) is 0 Å². The van der Waals surface area contributed by atoms with Crippen LogP contribution in [0.3, 0.4) is 0 Å². The summed E-state index contributed by atoms with van der Waals surface area (Å²) in [4.78, 5) is 0.00694. The van der Waals surface area contributed by atoms with E-state index in [0.29, 0.717) is 6.26 Å². The average molecular weight is 283 g/mol. The minimum Gasteiger partial charge on any atom is -0.495 e. The van der Waals surface area contributed by atoms with Crippen LogP contribution in [0.4, 0.5) is 0 Å². The zero-order valence-corrected chi connectivity index (χ0v) is 10.8. The van der Waals surface area contributed by atoms with Gasteiger partial charge in [0.25, 0.3) is 10.1 Å². The summed E-state index contributed by atoms with van der Waals surface area (Å²) < 4.78 is 52.5. The van der Waals surface area contributed by atoms with Gasteiger partial charge >= 0.3 is 0 Å². The number of primary sulfonamides is 1. The number of benzene rings is 1. The summed E-state index contributed by atoms with van der Waals surface area (Å²) in [5.41, 5.74) is 0. The Morgan fingerprint density at radius 3 is 1.88 bits per heavy atom. The first-order chi connectivity index (χ1) is 7.55. The maximum atomic E-state index is 10.9. The van der Waals surface area contributed by atoms with Gasteiger partial charge in [-0.15, -0.1) is 0 Å². The third-order valence-electron chi connectivity index (χ3n) is 1.38. The fourth-order valence-corrected chi connectivity index (χ4v) is 1.55. The monoisotopic (exact) mass is 283 g/mol. The van der Waals surface area contributed by atoms with Crippen LogP contribution >= 0.6 is 0 Å². The van der Waals surface area contributed by atoms with Crippen LogP contribution in [0.1, 0.15) is 0 Å². The molecule has 98 valence electrons. The van der Waals surface area contributed by atoms with Gasteiger partial charge in [-0.2, -0.15) is 8.42 Å². The smallest absolute Gasteiger partial charge is 0.261 e. The number of ether oxygens (including phenoxy) is 1. The molecular formula is C8H13NO6S2. The van der Waals surface area contributed by atoms with Crippen molar-refractivity contribution in [1.82, 2.24) is 0 Å². The second kappa shape index (κ2) is 5.96. The first-order valence-corrected chi connectivity index (χ1v) is 7.53.